The van der Waals surface area contributed by atoms with E-state index < -0.39 is 0 Å². The van der Waals surface area contributed by atoms with Gasteiger partial charge in [0.1, 0.15) is 0 Å². The summed E-state index contributed by atoms with van der Waals surface area (Å²) in [6.07, 6.45) is 1.33. The van der Waals surface area contributed by atoms with Gasteiger partial charge in [0, 0.05) is 18.1 Å². The highest BCUT2D eigenvalue weighted by Gasteiger charge is 2.37. The summed E-state index contributed by atoms with van der Waals surface area (Å²) in [4.78, 5) is 2.30. The minimum Gasteiger partial charge on any atom is -0.451 e. The molecule has 2 atom stereocenters. The van der Waals surface area contributed by atoms with Crippen molar-refractivity contribution in [3.8, 4) is 0 Å². The Morgan fingerprint density at radius 1 is 1.43 bits per heavy atom. The fourth-order valence-electron chi connectivity index (χ4n) is 2.33. The molecule has 0 amide bonds. The number of likely N-dealkylation sites (tertiary alicyclic amines) is 1. The van der Waals surface area contributed by atoms with Crippen LogP contribution in [0.25, 0.3) is 0 Å². The maximum atomic E-state index is 9.62. The van der Waals surface area contributed by atoms with Gasteiger partial charge in [-0.15, -0.1) is 0 Å². The Bertz CT molecular complexity index is 191. The van der Waals surface area contributed by atoms with Crippen molar-refractivity contribution in [3.05, 3.63) is 0 Å². The van der Waals surface area contributed by atoms with E-state index in [1.54, 1.807) is 0 Å². The van der Waals surface area contributed by atoms with E-state index in [0.29, 0.717) is 6.04 Å². The van der Waals surface area contributed by atoms with Crippen LogP contribution in [0, 0.1) is 0 Å². The number of hydrogen-bond donors (Lipinski definition) is 2. The summed E-state index contributed by atoms with van der Waals surface area (Å²) in [5, 5.41) is 19.0. The van der Waals surface area contributed by atoms with Crippen LogP contribution in [0.5, 0.6) is 0 Å². The van der Waals surface area contributed by atoms with E-state index >= 15 is 0 Å². The third-order valence-corrected chi connectivity index (χ3v) is 2.87. The van der Waals surface area contributed by atoms with E-state index in [2.05, 4.69) is 25.7 Å². The second kappa shape index (κ2) is 4.21. The normalized spacial score (nSPS) is 29.6. The molecule has 0 spiro atoms. The Labute approximate surface area is 87.2 Å². The molecule has 0 aromatic rings. The van der Waals surface area contributed by atoms with Crippen molar-refractivity contribution in [2.45, 2.75) is 58.0 Å². The van der Waals surface area contributed by atoms with Gasteiger partial charge in [0.15, 0.2) is 0 Å². The second-order valence-corrected chi connectivity index (χ2v) is 5.45. The summed E-state index contributed by atoms with van der Waals surface area (Å²) in [6, 6.07) is 0.324. The van der Waals surface area contributed by atoms with E-state index in [9.17, 15) is 10.1 Å². The Kier molecular flexibility index (Phi) is 3.61. The number of β-amino-alcohol motifs (C(OH)–C–C–N with tert-alkyl or cyclic N) is 1. The molecule has 4 heteroatoms. The van der Waals surface area contributed by atoms with Crippen molar-refractivity contribution in [3.63, 3.8) is 0 Å². The molecule has 0 saturated carbocycles. The molecule has 0 bridgehead atoms. The van der Waals surface area contributed by atoms with Crippen molar-refractivity contribution in [2.24, 2.45) is 0 Å². The van der Waals surface area contributed by atoms with Crippen LogP contribution in [0.4, 0.5) is 0 Å². The van der Waals surface area contributed by atoms with Gasteiger partial charge in [-0.05, 0) is 33.5 Å². The van der Waals surface area contributed by atoms with Crippen LogP contribution in [0.2, 0.25) is 13.1 Å². The first kappa shape index (κ1) is 12.0. The maximum absolute atomic E-state index is 9.62. The quantitative estimate of drug-likeness (QED) is 0.647. The van der Waals surface area contributed by atoms with Crippen LogP contribution >= 0.6 is 0 Å². The minimum absolute atomic E-state index is 0.0804. The Morgan fingerprint density at radius 3 is 2.43 bits per heavy atom. The smallest absolute Gasteiger partial charge is 0.287 e. The summed E-state index contributed by atoms with van der Waals surface area (Å²) in [7, 11) is 0. The lowest BCUT2D eigenvalue weighted by Gasteiger charge is -2.37. The van der Waals surface area contributed by atoms with Crippen molar-refractivity contribution in [1.29, 1.82) is 0 Å². The lowest BCUT2D eigenvalue weighted by atomic mass is 9.65. The van der Waals surface area contributed by atoms with Crippen LogP contribution in [0.1, 0.15) is 27.2 Å². The lowest BCUT2D eigenvalue weighted by Crippen LogP contribution is -2.45. The number of aliphatic hydroxyl groups excluding tert-OH is 1. The standard InChI is InChI=1S/C10H22BNO2/c1-10(2,3)12-7-9(13)5-8(12)6-11(4)14/h8-9,13-14H,5-7H2,1-4H3. The van der Waals surface area contributed by atoms with E-state index in [1.807, 2.05) is 6.82 Å². The molecular weight excluding hydrogens is 177 g/mol. The largest absolute Gasteiger partial charge is 0.451 e. The lowest BCUT2D eigenvalue weighted by molar-refractivity contribution is 0.109. The van der Waals surface area contributed by atoms with Crippen molar-refractivity contribution in [2.75, 3.05) is 6.54 Å². The number of hydrogen-bond acceptors (Lipinski definition) is 3. The van der Waals surface area contributed by atoms with Crippen molar-refractivity contribution in [1.82, 2.24) is 4.90 Å². The van der Waals surface area contributed by atoms with Crippen LogP contribution in [0.15, 0.2) is 0 Å². The van der Waals surface area contributed by atoms with Gasteiger partial charge in [-0.2, -0.15) is 0 Å². The van der Waals surface area contributed by atoms with Gasteiger partial charge in [0.05, 0.1) is 6.10 Å². The topological polar surface area (TPSA) is 43.7 Å². The Balaban J connectivity index is 2.63. The molecule has 2 unspecified atom stereocenters. The molecule has 1 heterocycles. The van der Waals surface area contributed by atoms with Gasteiger partial charge in [0.2, 0.25) is 0 Å². The molecule has 1 fully saturated rings. The molecule has 1 aliphatic heterocycles. The van der Waals surface area contributed by atoms with E-state index in [-0.39, 0.29) is 18.6 Å². The van der Waals surface area contributed by atoms with Crippen LogP contribution in [-0.2, 0) is 0 Å². The fraction of sp³-hybridized carbons (Fsp3) is 1.00. The van der Waals surface area contributed by atoms with Gasteiger partial charge in [-0.1, -0.05) is 6.82 Å². The summed E-state index contributed by atoms with van der Waals surface area (Å²) in [5.74, 6) is 0. The van der Waals surface area contributed by atoms with Crippen molar-refractivity contribution < 1.29 is 10.1 Å². The zero-order valence-corrected chi connectivity index (χ0v) is 9.70. The molecule has 0 aromatic heterocycles. The second-order valence-electron chi connectivity index (χ2n) is 5.45. The highest BCUT2D eigenvalue weighted by Crippen LogP contribution is 2.29. The summed E-state index contributed by atoms with van der Waals surface area (Å²) in [6.45, 7) is 8.72. The Morgan fingerprint density at radius 2 is 2.00 bits per heavy atom. The first-order valence-electron chi connectivity index (χ1n) is 5.43. The van der Waals surface area contributed by atoms with Crippen LogP contribution in [-0.4, -0.2) is 46.2 Å². The molecule has 82 valence electrons. The highest BCUT2D eigenvalue weighted by atomic mass is 16.3. The fourth-order valence-corrected chi connectivity index (χ4v) is 2.33. The molecule has 2 N–H and O–H groups in total. The number of rotatable bonds is 2. The summed E-state index contributed by atoms with van der Waals surface area (Å²) in [5.41, 5.74) is 0.0804. The van der Waals surface area contributed by atoms with Gasteiger partial charge < -0.3 is 10.1 Å². The minimum atomic E-state index is -0.282. The predicted molar refractivity (Wildman–Crippen MR) is 59.5 cm³/mol. The number of aliphatic hydroxyl groups is 1. The number of nitrogens with zero attached hydrogens (tertiary/aromatic N) is 1. The average molecular weight is 199 g/mol. The molecule has 1 saturated heterocycles. The summed E-state index contributed by atoms with van der Waals surface area (Å²) >= 11 is 0. The first-order valence-corrected chi connectivity index (χ1v) is 5.43. The average Bonchev–Trinajstić information content (AvgIpc) is 2.28. The zero-order valence-electron chi connectivity index (χ0n) is 9.70. The van der Waals surface area contributed by atoms with Gasteiger partial charge in [-0.3, -0.25) is 4.90 Å². The van der Waals surface area contributed by atoms with Gasteiger partial charge in [0.25, 0.3) is 6.92 Å². The third-order valence-electron chi connectivity index (χ3n) is 2.87. The maximum Gasteiger partial charge on any atom is 0.287 e. The SMILES string of the molecule is CB(O)CC1CC(O)CN1C(C)(C)C. The van der Waals surface area contributed by atoms with Gasteiger partial charge in [-0.25, -0.2) is 0 Å². The van der Waals surface area contributed by atoms with E-state index in [4.69, 9.17) is 0 Å². The zero-order chi connectivity index (χ0) is 10.9. The molecule has 14 heavy (non-hydrogen) atoms. The molecule has 0 radical (unpaired) electrons. The van der Waals surface area contributed by atoms with E-state index in [0.717, 1.165) is 19.3 Å². The van der Waals surface area contributed by atoms with Crippen molar-refractivity contribution >= 4 is 6.92 Å². The first-order chi connectivity index (χ1) is 6.30. The van der Waals surface area contributed by atoms with Gasteiger partial charge >= 0.3 is 0 Å². The van der Waals surface area contributed by atoms with Crippen LogP contribution < -0.4 is 0 Å². The molecule has 0 aliphatic carbocycles. The monoisotopic (exact) mass is 199 g/mol. The third kappa shape index (κ3) is 2.97. The molecule has 1 rings (SSSR count). The molecular formula is C10H22BNO2. The predicted octanol–water partition coefficient (Wildman–Crippen LogP) is 0.834. The Hall–Kier alpha value is -0.0551. The highest BCUT2D eigenvalue weighted by molar-refractivity contribution is 6.48. The van der Waals surface area contributed by atoms with Crippen LogP contribution in [0.3, 0.4) is 0 Å². The van der Waals surface area contributed by atoms with E-state index in [1.165, 1.54) is 0 Å². The molecule has 0 aromatic carbocycles. The molecule has 1 aliphatic rings. The molecule has 3 nitrogen and oxygen atoms in total. The summed E-state index contributed by atoms with van der Waals surface area (Å²) < 4.78 is 0.